The van der Waals surface area contributed by atoms with Crippen LogP contribution in [-0.4, -0.2) is 29.6 Å². The van der Waals surface area contributed by atoms with Gasteiger partial charge in [0.15, 0.2) is 11.6 Å². The molecule has 1 aliphatic heterocycles. The lowest BCUT2D eigenvalue weighted by Crippen LogP contribution is -2.34. The van der Waals surface area contributed by atoms with E-state index in [-0.39, 0.29) is 11.6 Å². The highest BCUT2D eigenvalue weighted by molar-refractivity contribution is 6.26. The summed E-state index contributed by atoms with van der Waals surface area (Å²) in [6, 6.07) is 9.10. The molecule has 1 aromatic carbocycles. The largest absolute Gasteiger partial charge is 0.376 e. The van der Waals surface area contributed by atoms with Gasteiger partial charge >= 0.3 is 0 Å². The first-order valence-corrected chi connectivity index (χ1v) is 8.33. The zero-order valence-electron chi connectivity index (χ0n) is 13.0. The van der Waals surface area contributed by atoms with E-state index in [9.17, 15) is 9.59 Å². The van der Waals surface area contributed by atoms with E-state index in [0.717, 1.165) is 13.1 Å². The molecule has 1 heterocycles. The van der Waals surface area contributed by atoms with Crippen molar-refractivity contribution in [1.29, 1.82) is 0 Å². The molecule has 1 fully saturated rings. The van der Waals surface area contributed by atoms with Gasteiger partial charge in [0.25, 0.3) is 0 Å². The molecule has 3 nitrogen and oxygen atoms in total. The molecule has 2 aliphatic rings. The second-order valence-electron chi connectivity index (χ2n) is 6.41. The third-order valence-electron chi connectivity index (χ3n) is 4.74. The van der Waals surface area contributed by atoms with Gasteiger partial charge < -0.3 is 4.90 Å². The number of rotatable bonds is 4. The number of hydrogen-bond acceptors (Lipinski definition) is 3. The monoisotopic (exact) mass is 297 g/mol. The molecule has 0 spiro atoms. The van der Waals surface area contributed by atoms with Gasteiger partial charge in [0.1, 0.15) is 0 Å². The van der Waals surface area contributed by atoms with Gasteiger partial charge in [-0.3, -0.25) is 9.59 Å². The normalized spacial score (nSPS) is 19.9. The summed E-state index contributed by atoms with van der Waals surface area (Å²) in [5.74, 6) is 0.555. The Morgan fingerprint density at radius 2 is 1.82 bits per heavy atom. The average molecular weight is 297 g/mol. The third kappa shape index (κ3) is 3.46. The molecule has 0 bridgehead atoms. The molecule has 3 heteroatoms. The summed E-state index contributed by atoms with van der Waals surface area (Å²) in [7, 11) is 0. The van der Waals surface area contributed by atoms with Crippen molar-refractivity contribution in [2.75, 3.05) is 13.1 Å². The number of carbonyl (C=O) groups excluding carboxylic acids is 2. The van der Waals surface area contributed by atoms with Crippen molar-refractivity contribution >= 4 is 11.6 Å². The lowest BCUT2D eigenvalue weighted by atomic mass is 9.88. The van der Waals surface area contributed by atoms with Crippen LogP contribution in [0.4, 0.5) is 0 Å². The number of nitrogens with zero attached hydrogens (tertiary/aromatic N) is 1. The molecule has 0 amide bonds. The predicted octanol–water partition coefficient (Wildman–Crippen LogP) is 3.61. The van der Waals surface area contributed by atoms with Crippen molar-refractivity contribution in [2.24, 2.45) is 5.92 Å². The van der Waals surface area contributed by atoms with E-state index in [1.54, 1.807) is 12.1 Å². The first kappa shape index (κ1) is 15.0. The number of allylic oxidation sites excluding steroid dienone is 1. The SMILES string of the molecule is O=C1CCN(CC2CCCCC2)C=C1C(=O)c1ccccc1. The molecule has 1 saturated carbocycles. The fourth-order valence-corrected chi connectivity index (χ4v) is 3.47. The van der Waals surface area contributed by atoms with E-state index in [2.05, 4.69) is 4.90 Å². The second kappa shape index (κ2) is 6.91. The van der Waals surface area contributed by atoms with Crippen LogP contribution in [0.1, 0.15) is 48.9 Å². The smallest absolute Gasteiger partial charge is 0.198 e. The quantitative estimate of drug-likeness (QED) is 0.629. The van der Waals surface area contributed by atoms with E-state index in [0.29, 0.717) is 23.5 Å². The first-order chi connectivity index (χ1) is 10.7. The molecular formula is C19H23NO2. The zero-order chi connectivity index (χ0) is 15.4. The fraction of sp³-hybridized carbons (Fsp3) is 0.474. The summed E-state index contributed by atoms with van der Waals surface area (Å²) in [5, 5.41) is 0. The van der Waals surface area contributed by atoms with Crippen LogP contribution in [0.15, 0.2) is 42.1 Å². The highest BCUT2D eigenvalue weighted by Gasteiger charge is 2.26. The van der Waals surface area contributed by atoms with E-state index in [1.807, 2.05) is 24.4 Å². The fourth-order valence-electron chi connectivity index (χ4n) is 3.47. The Bertz CT molecular complexity index is 570. The molecule has 0 aromatic heterocycles. The van der Waals surface area contributed by atoms with Gasteiger partial charge in [-0.1, -0.05) is 49.6 Å². The molecule has 0 radical (unpaired) electrons. The Kier molecular flexibility index (Phi) is 4.71. The molecule has 0 N–H and O–H groups in total. The molecule has 0 unspecified atom stereocenters. The van der Waals surface area contributed by atoms with Crippen molar-refractivity contribution in [3.8, 4) is 0 Å². The van der Waals surface area contributed by atoms with Crippen molar-refractivity contribution < 1.29 is 9.59 Å². The van der Waals surface area contributed by atoms with Crippen molar-refractivity contribution in [3.63, 3.8) is 0 Å². The topological polar surface area (TPSA) is 37.4 Å². The molecule has 22 heavy (non-hydrogen) atoms. The number of benzene rings is 1. The summed E-state index contributed by atoms with van der Waals surface area (Å²) in [6.07, 6.45) is 8.81. The highest BCUT2D eigenvalue weighted by atomic mass is 16.1. The molecule has 0 atom stereocenters. The summed E-state index contributed by atoms with van der Waals surface area (Å²) < 4.78 is 0. The van der Waals surface area contributed by atoms with Crippen LogP contribution >= 0.6 is 0 Å². The maximum Gasteiger partial charge on any atom is 0.198 e. The van der Waals surface area contributed by atoms with Crippen molar-refractivity contribution in [3.05, 3.63) is 47.7 Å². The molecular weight excluding hydrogens is 274 g/mol. The summed E-state index contributed by atoms with van der Waals surface area (Å²) in [5.41, 5.74) is 0.954. The summed E-state index contributed by atoms with van der Waals surface area (Å²) in [6.45, 7) is 1.74. The Morgan fingerprint density at radius 1 is 1.09 bits per heavy atom. The third-order valence-corrected chi connectivity index (χ3v) is 4.74. The van der Waals surface area contributed by atoms with Crippen molar-refractivity contribution in [2.45, 2.75) is 38.5 Å². The number of hydrogen-bond donors (Lipinski definition) is 0. The van der Waals surface area contributed by atoms with Crippen LogP contribution < -0.4 is 0 Å². The van der Waals surface area contributed by atoms with Crippen molar-refractivity contribution in [1.82, 2.24) is 4.90 Å². The van der Waals surface area contributed by atoms with Crippen LogP contribution in [0.2, 0.25) is 0 Å². The van der Waals surface area contributed by atoms with E-state index in [1.165, 1.54) is 32.1 Å². The van der Waals surface area contributed by atoms with Gasteiger partial charge in [0, 0.05) is 31.3 Å². The van der Waals surface area contributed by atoms with Crippen LogP contribution in [0.5, 0.6) is 0 Å². The molecule has 0 saturated heterocycles. The Morgan fingerprint density at radius 3 is 2.55 bits per heavy atom. The Labute approximate surface area is 132 Å². The van der Waals surface area contributed by atoms with Crippen LogP contribution in [0.25, 0.3) is 0 Å². The minimum Gasteiger partial charge on any atom is -0.376 e. The summed E-state index contributed by atoms with van der Waals surface area (Å²) in [4.78, 5) is 26.9. The zero-order valence-corrected chi connectivity index (χ0v) is 13.0. The maximum atomic E-state index is 12.5. The van der Waals surface area contributed by atoms with Gasteiger partial charge in [-0.05, 0) is 18.8 Å². The minimum atomic E-state index is -0.140. The highest BCUT2D eigenvalue weighted by Crippen LogP contribution is 2.26. The molecule has 116 valence electrons. The van der Waals surface area contributed by atoms with Crippen LogP contribution in [-0.2, 0) is 4.79 Å². The lowest BCUT2D eigenvalue weighted by molar-refractivity contribution is -0.116. The molecule has 1 aliphatic carbocycles. The predicted molar refractivity (Wildman–Crippen MR) is 86.6 cm³/mol. The number of carbonyl (C=O) groups is 2. The first-order valence-electron chi connectivity index (χ1n) is 8.33. The van der Waals surface area contributed by atoms with Gasteiger partial charge in [0.05, 0.1) is 5.57 Å². The number of ketones is 2. The van der Waals surface area contributed by atoms with Crippen LogP contribution in [0.3, 0.4) is 0 Å². The second-order valence-corrected chi connectivity index (χ2v) is 6.41. The van der Waals surface area contributed by atoms with E-state index < -0.39 is 0 Å². The molecule has 3 rings (SSSR count). The maximum absolute atomic E-state index is 12.5. The standard InChI is InChI=1S/C19H23NO2/c21-18-11-12-20(13-15-7-3-1-4-8-15)14-17(18)19(22)16-9-5-2-6-10-16/h2,5-6,9-10,14-15H,1,3-4,7-8,11-13H2. The van der Waals surface area contributed by atoms with E-state index >= 15 is 0 Å². The molecule has 1 aromatic rings. The van der Waals surface area contributed by atoms with Gasteiger partial charge in [-0.2, -0.15) is 0 Å². The Hall–Kier alpha value is -1.90. The van der Waals surface area contributed by atoms with Gasteiger partial charge in [-0.25, -0.2) is 0 Å². The van der Waals surface area contributed by atoms with Gasteiger partial charge in [0.2, 0.25) is 0 Å². The minimum absolute atomic E-state index is 0.0197. The average Bonchev–Trinajstić information content (AvgIpc) is 2.58. The summed E-state index contributed by atoms with van der Waals surface area (Å²) >= 11 is 0. The van der Waals surface area contributed by atoms with E-state index in [4.69, 9.17) is 0 Å². The Balaban J connectivity index is 1.73. The number of Topliss-reactive ketones (excluding diaryl/α,β-unsaturated/α-hetero) is 2. The van der Waals surface area contributed by atoms with Crippen LogP contribution in [0, 0.1) is 5.92 Å². The van der Waals surface area contributed by atoms with Gasteiger partial charge in [-0.15, -0.1) is 0 Å². The lowest BCUT2D eigenvalue weighted by Gasteiger charge is -2.31.